The fraction of sp³-hybridized carbons (Fsp3) is 1.00. The Balaban J connectivity index is 2.89. The van der Waals surface area contributed by atoms with Crippen LogP contribution in [0.3, 0.4) is 0 Å². The first-order valence-electron chi connectivity index (χ1n) is 7.00. The quantitative estimate of drug-likeness (QED) is 0.203. The molecule has 11 nitrogen and oxygen atoms in total. The molecule has 0 radical (unpaired) electrons. The van der Waals surface area contributed by atoms with Gasteiger partial charge in [0.05, 0.1) is 19.8 Å². The van der Waals surface area contributed by atoms with Gasteiger partial charge in [-0.15, -0.1) is 0 Å². The third-order valence-corrected chi connectivity index (χ3v) is 3.62. The third-order valence-electron chi connectivity index (χ3n) is 3.62. The van der Waals surface area contributed by atoms with Crippen LogP contribution in [0.1, 0.15) is 0 Å². The Bertz CT molecular complexity index is 341. The molecule has 1 heterocycles. The molecule has 9 atom stereocenters. The van der Waals surface area contributed by atoms with Gasteiger partial charge in [0, 0.05) is 0 Å². The van der Waals surface area contributed by atoms with Gasteiger partial charge in [0.15, 0.2) is 6.29 Å². The number of hydrogen-bond donors (Lipinski definition) is 9. The summed E-state index contributed by atoms with van der Waals surface area (Å²) in [6.07, 6.45) is -15.1. The maximum absolute atomic E-state index is 9.83. The Morgan fingerprint density at radius 1 is 0.826 bits per heavy atom. The summed E-state index contributed by atoms with van der Waals surface area (Å²) in [5.41, 5.74) is 0. The molecule has 11 heteroatoms. The van der Waals surface area contributed by atoms with Gasteiger partial charge < -0.3 is 55.4 Å². The lowest BCUT2D eigenvalue weighted by Crippen LogP contribution is -2.61. The summed E-state index contributed by atoms with van der Waals surface area (Å²) in [5.74, 6) is 0. The molecule has 0 aliphatic carbocycles. The zero-order valence-corrected chi connectivity index (χ0v) is 12.2. The lowest BCUT2D eigenvalue weighted by Gasteiger charge is -2.42. The van der Waals surface area contributed by atoms with Crippen molar-refractivity contribution >= 4 is 0 Å². The second-order valence-corrected chi connectivity index (χ2v) is 5.29. The van der Waals surface area contributed by atoms with Crippen LogP contribution in [0, 0.1) is 0 Å². The summed E-state index contributed by atoms with van der Waals surface area (Å²) in [5, 5.41) is 84.9. The van der Waals surface area contributed by atoms with Crippen molar-refractivity contribution in [3.8, 4) is 0 Å². The molecular weight excluding hydrogens is 320 g/mol. The molecule has 9 N–H and O–H groups in total. The van der Waals surface area contributed by atoms with Crippen molar-refractivity contribution in [1.29, 1.82) is 0 Å². The molecule has 0 saturated carbocycles. The van der Waals surface area contributed by atoms with Crippen LogP contribution in [0.25, 0.3) is 0 Å². The maximum Gasteiger partial charge on any atom is 0.187 e. The molecule has 0 aromatic heterocycles. The average molecular weight is 344 g/mol. The van der Waals surface area contributed by atoms with Crippen molar-refractivity contribution in [3.05, 3.63) is 0 Å². The zero-order chi connectivity index (χ0) is 17.7. The first kappa shape index (κ1) is 20.6. The van der Waals surface area contributed by atoms with E-state index in [-0.39, 0.29) is 0 Å². The van der Waals surface area contributed by atoms with Gasteiger partial charge in [0.1, 0.15) is 48.8 Å². The summed E-state index contributed by atoms with van der Waals surface area (Å²) in [6, 6.07) is 0. The number of aliphatic hydroxyl groups excluding tert-OH is 9. The Morgan fingerprint density at radius 2 is 1.39 bits per heavy atom. The second kappa shape index (κ2) is 9.15. The van der Waals surface area contributed by atoms with Crippen molar-refractivity contribution in [2.24, 2.45) is 0 Å². The van der Waals surface area contributed by atoms with Crippen molar-refractivity contribution in [2.75, 3.05) is 19.8 Å². The standard InChI is InChI=1S/C12H24O11/c13-1-4(16)7(18)11(5(17)2-14)23-12-10(21)9(20)8(19)6(3-15)22-12/h4-21H,1-3H2/t4-,5-,6+,7+,8+,9-,10+,11+,12-/m1/s1. The highest BCUT2D eigenvalue weighted by atomic mass is 16.7. The minimum Gasteiger partial charge on any atom is -0.394 e. The fourth-order valence-corrected chi connectivity index (χ4v) is 2.16. The van der Waals surface area contributed by atoms with Gasteiger partial charge in [-0.2, -0.15) is 0 Å². The Kier molecular flexibility index (Phi) is 8.20. The van der Waals surface area contributed by atoms with Crippen molar-refractivity contribution in [3.63, 3.8) is 0 Å². The van der Waals surface area contributed by atoms with E-state index in [4.69, 9.17) is 24.8 Å². The first-order chi connectivity index (χ1) is 10.8. The van der Waals surface area contributed by atoms with E-state index in [1.165, 1.54) is 0 Å². The van der Waals surface area contributed by atoms with Gasteiger partial charge >= 0.3 is 0 Å². The molecule has 23 heavy (non-hydrogen) atoms. The third kappa shape index (κ3) is 4.78. The molecule has 1 aliphatic rings. The summed E-state index contributed by atoms with van der Waals surface area (Å²) >= 11 is 0. The lowest BCUT2D eigenvalue weighted by molar-refractivity contribution is -0.327. The lowest BCUT2D eigenvalue weighted by atomic mass is 9.98. The number of ether oxygens (including phenoxy) is 2. The first-order valence-corrected chi connectivity index (χ1v) is 7.00. The molecule has 0 amide bonds. The van der Waals surface area contributed by atoms with Gasteiger partial charge in [-0.1, -0.05) is 0 Å². The van der Waals surface area contributed by atoms with Gasteiger partial charge in [-0.05, 0) is 0 Å². The molecule has 1 rings (SSSR count). The summed E-state index contributed by atoms with van der Waals surface area (Å²) < 4.78 is 10.1. The van der Waals surface area contributed by atoms with Crippen LogP contribution < -0.4 is 0 Å². The molecule has 1 saturated heterocycles. The van der Waals surface area contributed by atoms with E-state index < -0.39 is 74.9 Å². The number of hydrogen-bond acceptors (Lipinski definition) is 11. The Hall–Kier alpha value is -0.440. The predicted octanol–water partition coefficient (Wildman–Crippen LogP) is -5.76. The summed E-state index contributed by atoms with van der Waals surface area (Å²) in [7, 11) is 0. The van der Waals surface area contributed by atoms with Crippen LogP contribution in [-0.2, 0) is 9.47 Å². The van der Waals surface area contributed by atoms with Crippen molar-refractivity contribution in [1.82, 2.24) is 0 Å². The average Bonchev–Trinajstić information content (AvgIpc) is 2.57. The van der Waals surface area contributed by atoms with E-state index in [0.29, 0.717) is 0 Å². The molecule has 0 aromatic rings. The molecule has 0 bridgehead atoms. The highest BCUT2D eigenvalue weighted by Gasteiger charge is 2.46. The molecule has 0 unspecified atom stereocenters. The van der Waals surface area contributed by atoms with Gasteiger partial charge in [-0.25, -0.2) is 0 Å². The highest BCUT2D eigenvalue weighted by Crippen LogP contribution is 2.24. The van der Waals surface area contributed by atoms with E-state index in [1.807, 2.05) is 0 Å². The second-order valence-electron chi connectivity index (χ2n) is 5.29. The number of rotatable bonds is 8. The molecule has 0 aromatic carbocycles. The zero-order valence-electron chi connectivity index (χ0n) is 12.2. The van der Waals surface area contributed by atoms with Crippen LogP contribution >= 0.6 is 0 Å². The van der Waals surface area contributed by atoms with Gasteiger partial charge in [-0.3, -0.25) is 0 Å². The smallest absolute Gasteiger partial charge is 0.187 e. The predicted molar refractivity (Wildman–Crippen MR) is 70.8 cm³/mol. The van der Waals surface area contributed by atoms with Gasteiger partial charge in [0.2, 0.25) is 0 Å². The molecular formula is C12H24O11. The SMILES string of the molecule is OC[C@@H](O)[C@H](O)[C@@H](O[C@H]1O[C@@H](CO)[C@H](O)[C@@H](O)[C@@H]1O)[C@H](O)CO. The van der Waals surface area contributed by atoms with Crippen LogP contribution in [0.4, 0.5) is 0 Å². The van der Waals surface area contributed by atoms with Gasteiger partial charge in [0.25, 0.3) is 0 Å². The van der Waals surface area contributed by atoms with Crippen LogP contribution in [0.5, 0.6) is 0 Å². The molecule has 1 fully saturated rings. The molecule has 138 valence electrons. The number of aliphatic hydroxyl groups is 9. The normalized spacial score (nSPS) is 37.2. The minimum atomic E-state index is -1.85. The largest absolute Gasteiger partial charge is 0.394 e. The molecule has 1 aliphatic heterocycles. The van der Waals surface area contributed by atoms with Crippen LogP contribution in [-0.4, -0.2) is 121 Å². The minimum absolute atomic E-state index is 0.708. The highest BCUT2D eigenvalue weighted by molar-refractivity contribution is 4.91. The Morgan fingerprint density at radius 3 is 1.87 bits per heavy atom. The van der Waals surface area contributed by atoms with E-state index in [1.54, 1.807) is 0 Å². The van der Waals surface area contributed by atoms with E-state index in [2.05, 4.69) is 0 Å². The monoisotopic (exact) mass is 344 g/mol. The van der Waals surface area contributed by atoms with Crippen molar-refractivity contribution in [2.45, 2.75) is 55.1 Å². The Labute approximate surface area is 131 Å². The maximum atomic E-state index is 9.83. The summed E-state index contributed by atoms with van der Waals surface area (Å²) in [6.45, 7) is -2.45. The van der Waals surface area contributed by atoms with E-state index in [0.717, 1.165) is 0 Å². The van der Waals surface area contributed by atoms with Crippen LogP contribution in [0.15, 0.2) is 0 Å². The molecule has 0 spiro atoms. The fourth-order valence-electron chi connectivity index (χ4n) is 2.16. The summed E-state index contributed by atoms with van der Waals surface area (Å²) in [4.78, 5) is 0. The van der Waals surface area contributed by atoms with Crippen molar-refractivity contribution < 1.29 is 55.4 Å². The van der Waals surface area contributed by atoms with E-state index >= 15 is 0 Å². The van der Waals surface area contributed by atoms with Crippen LogP contribution in [0.2, 0.25) is 0 Å². The van der Waals surface area contributed by atoms with E-state index in [9.17, 15) is 30.6 Å². The topological polar surface area (TPSA) is 201 Å².